The largest absolute Gasteiger partial charge is 0.493 e. The van der Waals surface area contributed by atoms with Gasteiger partial charge in [-0.15, -0.1) is 0 Å². The van der Waals surface area contributed by atoms with Gasteiger partial charge in [-0.2, -0.15) is 0 Å². The van der Waals surface area contributed by atoms with Crippen LogP contribution in [0.2, 0.25) is 0 Å². The molecule has 0 aromatic heterocycles. The molecule has 0 unspecified atom stereocenters. The molecule has 5 heteroatoms. The van der Waals surface area contributed by atoms with Crippen molar-refractivity contribution in [3.63, 3.8) is 0 Å². The third-order valence-electron chi connectivity index (χ3n) is 5.06. The van der Waals surface area contributed by atoms with Gasteiger partial charge in [0, 0.05) is 19.5 Å². The van der Waals surface area contributed by atoms with Gasteiger partial charge in [0.2, 0.25) is 5.91 Å². The fourth-order valence-corrected chi connectivity index (χ4v) is 3.34. The minimum Gasteiger partial charge on any atom is -0.493 e. The number of carbonyl (C=O) groups is 2. The average Bonchev–Trinajstić information content (AvgIpc) is 2.60. The van der Waals surface area contributed by atoms with E-state index in [4.69, 9.17) is 9.84 Å². The number of carbonyl (C=O) groups excluding carboxylic acids is 1. The standard InChI is InChI=1S/C21H31NO4/c1-15(2)14-26-18-7-5-17(6-8-18)21(3,4)20(25)22-11-9-16(10-12-22)13-19(23)24/h5-8,15-16H,9-14H2,1-4H3,(H,23,24). The van der Waals surface area contributed by atoms with Gasteiger partial charge in [0.1, 0.15) is 5.75 Å². The van der Waals surface area contributed by atoms with E-state index < -0.39 is 11.4 Å². The van der Waals surface area contributed by atoms with Crippen molar-refractivity contribution in [1.82, 2.24) is 4.90 Å². The van der Waals surface area contributed by atoms with Gasteiger partial charge in [0.05, 0.1) is 12.0 Å². The summed E-state index contributed by atoms with van der Waals surface area (Å²) >= 11 is 0. The van der Waals surface area contributed by atoms with Crippen LogP contribution >= 0.6 is 0 Å². The van der Waals surface area contributed by atoms with Crippen molar-refractivity contribution in [2.24, 2.45) is 11.8 Å². The Morgan fingerprint density at radius 1 is 1.19 bits per heavy atom. The molecule has 0 atom stereocenters. The molecule has 1 aliphatic rings. The maximum Gasteiger partial charge on any atom is 0.303 e. The van der Waals surface area contributed by atoms with Crippen molar-refractivity contribution in [1.29, 1.82) is 0 Å². The molecule has 144 valence electrons. The van der Waals surface area contributed by atoms with Gasteiger partial charge in [-0.1, -0.05) is 26.0 Å². The van der Waals surface area contributed by atoms with Gasteiger partial charge in [-0.05, 0) is 56.2 Å². The second-order valence-electron chi connectivity index (χ2n) is 8.19. The first-order valence-electron chi connectivity index (χ1n) is 9.44. The number of amides is 1. The predicted octanol–water partition coefficient (Wildman–Crippen LogP) is 3.71. The Morgan fingerprint density at radius 3 is 2.27 bits per heavy atom. The zero-order valence-electron chi connectivity index (χ0n) is 16.3. The lowest BCUT2D eigenvalue weighted by atomic mass is 9.82. The van der Waals surface area contributed by atoms with Crippen LogP contribution in [0.4, 0.5) is 0 Å². The van der Waals surface area contributed by atoms with Crippen molar-refractivity contribution >= 4 is 11.9 Å². The van der Waals surface area contributed by atoms with Crippen LogP contribution in [-0.4, -0.2) is 41.6 Å². The predicted molar refractivity (Wildman–Crippen MR) is 101 cm³/mol. The molecule has 5 nitrogen and oxygen atoms in total. The fraction of sp³-hybridized carbons (Fsp3) is 0.619. The highest BCUT2D eigenvalue weighted by atomic mass is 16.5. The molecule has 0 radical (unpaired) electrons. The molecular formula is C21H31NO4. The summed E-state index contributed by atoms with van der Waals surface area (Å²) < 4.78 is 5.71. The normalized spacial score (nSPS) is 16.0. The molecule has 1 saturated heterocycles. The van der Waals surface area contributed by atoms with Crippen LogP contribution in [0.15, 0.2) is 24.3 Å². The molecule has 1 heterocycles. The number of aliphatic carboxylic acids is 1. The summed E-state index contributed by atoms with van der Waals surface area (Å²) in [6.07, 6.45) is 1.72. The van der Waals surface area contributed by atoms with Crippen LogP contribution in [0.3, 0.4) is 0 Å². The zero-order chi connectivity index (χ0) is 19.3. The van der Waals surface area contributed by atoms with E-state index in [9.17, 15) is 9.59 Å². The molecule has 0 bridgehead atoms. The summed E-state index contributed by atoms with van der Waals surface area (Å²) in [5.74, 6) is 0.811. The van der Waals surface area contributed by atoms with E-state index in [1.54, 1.807) is 0 Å². The van der Waals surface area contributed by atoms with E-state index in [1.807, 2.05) is 43.0 Å². The first-order valence-corrected chi connectivity index (χ1v) is 9.44. The lowest BCUT2D eigenvalue weighted by Gasteiger charge is -2.37. The van der Waals surface area contributed by atoms with E-state index in [0.29, 0.717) is 25.6 Å². The summed E-state index contributed by atoms with van der Waals surface area (Å²) in [4.78, 5) is 25.8. The summed E-state index contributed by atoms with van der Waals surface area (Å²) in [7, 11) is 0. The molecule has 26 heavy (non-hydrogen) atoms. The van der Waals surface area contributed by atoms with E-state index in [0.717, 1.165) is 24.2 Å². The van der Waals surface area contributed by atoms with Gasteiger partial charge >= 0.3 is 5.97 Å². The van der Waals surface area contributed by atoms with Gasteiger partial charge in [0.25, 0.3) is 0 Å². The first-order chi connectivity index (χ1) is 12.2. The summed E-state index contributed by atoms with van der Waals surface area (Å²) in [5, 5.41) is 8.92. The fourth-order valence-electron chi connectivity index (χ4n) is 3.34. The Hall–Kier alpha value is -2.04. The van der Waals surface area contributed by atoms with Crippen molar-refractivity contribution in [3.05, 3.63) is 29.8 Å². The van der Waals surface area contributed by atoms with Crippen LogP contribution in [-0.2, 0) is 15.0 Å². The molecule has 0 saturated carbocycles. The van der Waals surface area contributed by atoms with E-state index in [2.05, 4.69) is 13.8 Å². The second kappa shape index (κ2) is 8.56. The molecule has 1 aromatic carbocycles. The summed E-state index contributed by atoms with van der Waals surface area (Å²) in [5.41, 5.74) is 0.350. The quantitative estimate of drug-likeness (QED) is 0.804. The number of rotatable bonds is 7. The second-order valence-corrected chi connectivity index (χ2v) is 8.19. The van der Waals surface area contributed by atoms with Crippen molar-refractivity contribution in [2.75, 3.05) is 19.7 Å². The minimum absolute atomic E-state index is 0.0992. The number of nitrogens with zero attached hydrogens (tertiary/aromatic N) is 1. The number of carboxylic acid groups (broad SMARTS) is 1. The molecule has 1 N–H and O–H groups in total. The molecule has 1 fully saturated rings. The maximum absolute atomic E-state index is 13.0. The average molecular weight is 361 g/mol. The molecule has 1 aliphatic heterocycles. The highest BCUT2D eigenvalue weighted by Crippen LogP contribution is 2.30. The maximum atomic E-state index is 13.0. The monoisotopic (exact) mass is 361 g/mol. The Balaban J connectivity index is 1.98. The summed E-state index contributed by atoms with van der Waals surface area (Å²) in [6, 6.07) is 7.77. The third kappa shape index (κ3) is 5.23. The number of hydrogen-bond acceptors (Lipinski definition) is 3. The number of benzene rings is 1. The lowest BCUT2D eigenvalue weighted by Crippen LogP contribution is -2.47. The molecule has 2 rings (SSSR count). The molecular weight excluding hydrogens is 330 g/mol. The Labute approximate surface area is 156 Å². The van der Waals surface area contributed by atoms with Crippen molar-refractivity contribution < 1.29 is 19.4 Å². The van der Waals surface area contributed by atoms with E-state index in [-0.39, 0.29) is 18.2 Å². The van der Waals surface area contributed by atoms with Crippen LogP contribution in [0.25, 0.3) is 0 Å². The lowest BCUT2D eigenvalue weighted by molar-refractivity contribution is -0.139. The van der Waals surface area contributed by atoms with Crippen LogP contribution < -0.4 is 4.74 Å². The number of ether oxygens (including phenoxy) is 1. The third-order valence-corrected chi connectivity index (χ3v) is 5.06. The van der Waals surface area contributed by atoms with Crippen LogP contribution in [0, 0.1) is 11.8 Å². The highest BCUT2D eigenvalue weighted by molar-refractivity contribution is 5.87. The highest BCUT2D eigenvalue weighted by Gasteiger charge is 2.35. The number of hydrogen-bond donors (Lipinski definition) is 1. The number of likely N-dealkylation sites (tertiary alicyclic amines) is 1. The van der Waals surface area contributed by atoms with E-state index in [1.165, 1.54) is 0 Å². The summed E-state index contributed by atoms with van der Waals surface area (Å²) in [6.45, 7) is 10.1. The molecule has 0 spiro atoms. The number of piperidine rings is 1. The minimum atomic E-state index is -0.755. The molecule has 0 aliphatic carbocycles. The Bertz CT molecular complexity index is 613. The van der Waals surface area contributed by atoms with Gasteiger partial charge < -0.3 is 14.7 Å². The van der Waals surface area contributed by atoms with Crippen molar-refractivity contribution in [3.8, 4) is 5.75 Å². The van der Waals surface area contributed by atoms with Gasteiger partial charge in [-0.25, -0.2) is 0 Å². The van der Waals surface area contributed by atoms with E-state index >= 15 is 0 Å². The van der Waals surface area contributed by atoms with Gasteiger partial charge in [0.15, 0.2) is 0 Å². The van der Waals surface area contributed by atoms with Gasteiger partial charge in [-0.3, -0.25) is 9.59 Å². The smallest absolute Gasteiger partial charge is 0.303 e. The Morgan fingerprint density at radius 2 is 1.77 bits per heavy atom. The number of carboxylic acids is 1. The first kappa shape index (κ1) is 20.3. The van der Waals surface area contributed by atoms with Crippen LogP contribution in [0.1, 0.15) is 52.5 Å². The molecule has 1 aromatic rings. The van der Waals surface area contributed by atoms with Crippen molar-refractivity contribution in [2.45, 2.75) is 52.4 Å². The molecule has 1 amide bonds. The topological polar surface area (TPSA) is 66.8 Å². The SMILES string of the molecule is CC(C)COc1ccc(C(C)(C)C(=O)N2CCC(CC(=O)O)CC2)cc1. The van der Waals surface area contributed by atoms with Crippen LogP contribution in [0.5, 0.6) is 5.75 Å². The Kier molecular flexibility index (Phi) is 6.68. The zero-order valence-corrected chi connectivity index (χ0v) is 16.3.